The minimum Gasteiger partial charge on any atom is -0.264 e. The summed E-state index contributed by atoms with van der Waals surface area (Å²) in [6, 6.07) is 8.13. The van der Waals surface area contributed by atoms with E-state index < -0.39 is 0 Å². The molecule has 1 nitrogen and oxygen atoms in total. The van der Waals surface area contributed by atoms with Crippen molar-refractivity contribution in [2.24, 2.45) is 0 Å². The summed E-state index contributed by atoms with van der Waals surface area (Å²) in [5.74, 6) is 0. The Balaban J connectivity index is 0.000000171. The standard InChI is InChI=1S/C8H9Cl.C7H9N/c1-6-4-3-5-7(2)8(6)9;1-6-3-7(2)5-8-4-6/h3-5H,1-2H3;3-5H,1-2H3. The van der Waals surface area contributed by atoms with Crippen LogP contribution >= 0.6 is 11.6 Å². The summed E-state index contributed by atoms with van der Waals surface area (Å²) in [7, 11) is 0. The van der Waals surface area contributed by atoms with Gasteiger partial charge in [-0.3, -0.25) is 4.98 Å². The zero-order valence-corrected chi connectivity index (χ0v) is 11.5. The third kappa shape index (κ3) is 4.58. The molecule has 90 valence electrons. The third-order valence-corrected chi connectivity index (χ3v) is 2.99. The number of halogens is 1. The largest absolute Gasteiger partial charge is 0.264 e. The molecule has 0 radical (unpaired) electrons. The molecular formula is C15H18ClN. The van der Waals surface area contributed by atoms with Crippen LogP contribution in [0.25, 0.3) is 0 Å². The van der Waals surface area contributed by atoms with Crippen LogP contribution in [0.1, 0.15) is 22.3 Å². The van der Waals surface area contributed by atoms with Gasteiger partial charge in [0.1, 0.15) is 0 Å². The number of nitrogens with zero attached hydrogens (tertiary/aromatic N) is 1. The predicted octanol–water partition coefficient (Wildman–Crippen LogP) is 4.66. The molecule has 0 aliphatic carbocycles. The van der Waals surface area contributed by atoms with Gasteiger partial charge in [0, 0.05) is 17.4 Å². The van der Waals surface area contributed by atoms with Crippen LogP contribution in [0, 0.1) is 27.7 Å². The van der Waals surface area contributed by atoms with E-state index in [9.17, 15) is 0 Å². The van der Waals surface area contributed by atoms with Crippen LogP contribution in [0.2, 0.25) is 5.02 Å². The van der Waals surface area contributed by atoms with Crippen LogP contribution in [0.15, 0.2) is 36.7 Å². The summed E-state index contributed by atoms with van der Waals surface area (Å²) in [5.41, 5.74) is 4.75. The number of hydrogen-bond donors (Lipinski definition) is 0. The Hall–Kier alpha value is -1.34. The lowest BCUT2D eigenvalue weighted by Gasteiger charge is -1.98. The number of pyridine rings is 1. The van der Waals surface area contributed by atoms with E-state index in [-0.39, 0.29) is 0 Å². The highest BCUT2D eigenvalue weighted by atomic mass is 35.5. The molecule has 0 amide bonds. The second-order valence-electron chi connectivity index (χ2n) is 4.25. The lowest BCUT2D eigenvalue weighted by Crippen LogP contribution is -1.77. The molecule has 0 spiro atoms. The van der Waals surface area contributed by atoms with Crippen molar-refractivity contribution in [3.63, 3.8) is 0 Å². The van der Waals surface area contributed by atoms with Gasteiger partial charge >= 0.3 is 0 Å². The van der Waals surface area contributed by atoms with E-state index in [0.717, 1.165) is 16.1 Å². The van der Waals surface area contributed by atoms with Crippen LogP contribution in [0.3, 0.4) is 0 Å². The second kappa shape index (κ2) is 6.41. The molecule has 0 saturated heterocycles. The van der Waals surface area contributed by atoms with Crippen molar-refractivity contribution in [1.29, 1.82) is 0 Å². The highest BCUT2D eigenvalue weighted by Gasteiger charge is 1.94. The molecule has 0 bridgehead atoms. The second-order valence-corrected chi connectivity index (χ2v) is 4.62. The molecule has 0 N–H and O–H groups in total. The van der Waals surface area contributed by atoms with Crippen molar-refractivity contribution >= 4 is 11.6 Å². The first-order chi connectivity index (χ1) is 8.00. The fraction of sp³-hybridized carbons (Fsp3) is 0.267. The zero-order chi connectivity index (χ0) is 12.8. The van der Waals surface area contributed by atoms with E-state index in [4.69, 9.17) is 11.6 Å². The number of aromatic nitrogens is 1. The van der Waals surface area contributed by atoms with E-state index in [1.54, 1.807) is 0 Å². The molecule has 0 aliphatic heterocycles. The Morgan fingerprint density at radius 2 is 1.35 bits per heavy atom. The summed E-state index contributed by atoms with van der Waals surface area (Å²) in [4.78, 5) is 3.98. The van der Waals surface area contributed by atoms with E-state index in [1.165, 1.54) is 11.1 Å². The predicted molar refractivity (Wildman–Crippen MR) is 74.6 cm³/mol. The van der Waals surface area contributed by atoms with Crippen molar-refractivity contribution in [2.75, 3.05) is 0 Å². The molecule has 0 unspecified atom stereocenters. The molecule has 1 heterocycles. The first-order valence-electron chi connectivity index (χ1n) is 5.60. The van der Waals surface area contributed by atoms with E-state index >= 15 is 0 Å². The lowest BCUT2D eigenvalue weighted by atomic mass is 10.2. The maximum absolute atomic E-state index is 5.88. The summed E-state index contributed by atoms with van der Waals surface area (Å²) >= 11 is 5.88. The summed E-state index contributed by atoms with van der Waals surface area (Å²) in [6.45, 7) is 8.10. The van der Waals surface area contributed by atoms with Gasteiger partial charge in [-0.25, -0.2) is 0 Å². The Bertz CT molecular complexity index is 455. The quantitative estimate of drug-likeness (QED) is 0.660. The highest BCUT2D eigenvalue weighted by molar-refractivity contribution is 6.32. The normalized spacial score (nSPS) is 9.47. The minimum absolute atomic E-state index is 0.887. The van der Waals surface area contributed by atoms with Gasteiger partial charge < -0.3 is 0 Å². The number of benzene rings is 1. The van der Waals surface area contributed by atoms with Crippen molar-refractivity contribution in [2.45, 2.75) is 27.7 Å². The monoisotopic (exact) mass is 247 g/mol. The Kier molecular flexibility index (Phi) is 5.17. The average molecular weight is 248 g/mol. The van der Waals surface area contributed by atoms with E-state index in [0.29, 0.717) is 0 Å². The fourth-order valence-corrected chi connectivity index (χ4v) is 1.63. The molecular weight excluding hydrogens is 230 g/mol. The lowest BCUT2D eigenvalue weighted by molar-refractivity contribution is 1.22. The van der Waals surface area contributed by atoms with Crippen LogP contribution in [0.4, 0.5) is 0 Å². The van der Waals surface area contributed by atoms with Crippen LogP contribution in [-0.2, 0) is 0 Å². The molecule has 2 aromatic rings. The van der Waals surface area contributed by atoms with Crippen LogP contribution in [0.5, 0.6) is 0 Å². The Labute approximate surface area is 108 Å². The average Bonchev–Trinajstić information content (AvgIpc) is 2.26. The van der Waals surface area contributed by atoms with Gasteiger partial charge in [0.05, 0.1) is 0 Å². The molecule has 0 fully saturated rings. The number of rotatable bonds is 0. The van der Waals surface area contributed by atoms with Crippen molar-refractivity contribution in [3.8, 4) is 0 Å². The van der Waals surface area contributed by atoms with Gasteiger partial charge in [-0.05, 0) is 49.9 Å². The Morgan fingerprint density at radius 3 is 1.65 bits per heavy atom. The maximum Gasteiger partial charge on any atom is 0.0464 e. The number of aryl methyl sites for hydroxylation is 4. The van der Waals surface area contributed by atoms with Gasteiger partial charge in [-0.15, -0.1) is 0 Å². The van der Waals surface area contributed by atoms with Gasteiger partial charge in [-0.1, -0.05) is 35.9 Å². The maximum atomic E-state index is 5.88. The third-order valence-electron chi connectivity index (χ3n) is 2.40. The van der Waals surface area contributed by atoms with Crippen LogP contribution in [-0.4, -0.2) is 4.98 Å². The van der Waals surface area contributed by atoms with Crippen molar-refractivity contribution < 1.29 is 0 Å². The zero-order valence-electron chi connectivity index (χ0n) is 10.8. The first-order valence-corrected chi connectivity index (χ1v) is 5.98. The molecule has 1 aromatic carbocycles. The molecule has 0 atom stereocenters. The highest BCUT2D eigenvalue weighted by Crippen LogP contribution is 2.18. The van der Waals surface area contributed by atoms with Crippen LogP contribution < -0.4 is 0 Å². The summed E-state index contributed by atoms with van der Waals surface area (Å²) in [6.07, 6.45) is 3.71. The Morgan fingerprint density at radius 1 is 0.882 bits per heavy atom. The van der Waals surface area contributed by atoms with Gasteiger partial charge in [0.2, 0.25) is 0 Å². The van der Waals surface area contributed by atoms with E-state index in [2.05, 4.69) is 11.1 Å². The summed E-state index contributed by atoms with van der Waals surface area (Å²) < 4.78 is 0. The van der Waals surface area contributed by atoms with Gasteiger partial charge in [0.15, 0.2) is 0 Å². The minimum atomic E-state index is 0.887. The van der Waals surface area contributed by atoms with Gasteiger partial charge in [-0.2, -0.15) is 0 Å². The molecule has 0 aliphatic rings. The molecule has 0 saturated carbocycles. The smallest absolute Gasteiger partial charge is 0.0464 e. The van der Waals surface area contributed by atoms with Crippen molar-refractivity contribution in [1.82, 2.24) is 4.98 Å². The SMILES string of the molecule is Cc1cccc(C)c1Cl.Cc1cncc(C)c1. The fourth-order valence-electron chi connectivity index (χ4n) is 1.50. The molecule has 1 aromatic heterocycles. The molecule has 2 heteroatoms. The van der Waals surface area contributed by atoms with E-state index in [1.807, 2.05) is 58.3 Å². The topological polar surface area (TPSA) is 12.9 Å². The molecule has 2 rings (SSSR count). The molecule has 17 heavy (non-hydrogen) atoms. The van der Waals surface area contributed by atoms with Gasteiger partial charge in [0.25, 0.3) is 0 Å². The first kappa shape index (κ1) is 13.7. The summed E-state index contributed by atoms with van der Waals surface area (Å²) in [5, 5.41) is 0.887. The van der Waals surface area contributed by atoms with Crippen molar-refractivity contribution in [3.05, 3.63) is 63.9 Å². The number of hydrogen-bond acceptors (Lipinski definition) is 1.